The largest absolute Gasteiger partial charge is 0.512 e. The van der Waals surface area contributed by atoms with Gasteiger partial charge in [0.2, 0.25) is 0 Å². The fourth-order valence-electron chi connectivity index (χ4n) is 6.13. The van der Waals surface area contributed by atoms with Gasteiger partial charge in [0, 0.05) is 55.8 Å². The van der Waals surface area contributed by atoms with Gasteiger partial charge in [-0.25, -0.2) is 0 Å². The van der Waals surface area contributed by atoms with Gasteiger partial charge in [-0.15, -0.1) is 29.3 Å². The fourth-order valence-corrected chi connectivity index (χ4v) is 6.13. The van der Waals surface area contributed by atoms with E-state index in [0.29, 0.717) is 0 Å². The van der Waals surface area contributed by atoms with Gasteiger partial charge in [-0.05, 0) is 80.4 Å². The molecule has 0 radical (unpaired) electrons. The number of carbonyl (C=O) groups excluding carboxylic acids is 1. The van der Waals surface area contributed by atoms with Crippen LogP contribution in [0.3, 0.4) is 0 Å². The SMILES string of the molecule is CC(=O)/C=C(/C)O.CCC1(CC)c2cc(-c3ccccn3)[c-]cc2-c2ccc(N(c3ccccc3)c3ccccc3)cc21.[Pt]. The number of nitrogens with zero attached hydrogens (tertiary/aromatic N) is 2. The number of fused-ring (bicyclic) bond motifs is 3. The van der Waals surface area contributed by atoms with E-state index in [1.807, 2.05) is 18.3 Å². The Balaban J connectivity index is 0.000000497. The van der Waals surface area contributed by atoms with E-state index in [0.717, 1.165) is 35.5 Å². The summed E-state index contributed by atoms with van der Waals surface area (Å²) < 4.78 is 0. The number of para-hydroxylation sites is 2. The van der Waals surface area contributed by atoms with Gasteiger partial charge >= 0.3 is 0 Å². The zero-order chi connectivity index (χ0) is 30.4. The molecule has 0 aliphatic heterocycles. The van der Waals surface area contributed by atoms with Crippen LogP contribution in [-0.4, -0.2) is 15.9 Å². The summed E-state index contributed by atoms with van der Waals surface area (Å²) in [5.41, 5.74) is 10.9. The summed E-state index contributed by atoms with van der Waals surface area (Å²) in [7, 11) is 0. The van der Waals surface area contributed by atoms with Crippen molar-refractivity contribution in [2.75, 3.05) is 4.90 Å². The average Bonchev–Trinajstić information content (AvgIpc) is 3.31. The molecule has 0 amide bonds. The first kappa shape index (κ1) is 32.6. The maximum atomic E-state index is 10.0. The molecule has 1 aliphatic rings. The molecule has 1 aromatic heterocycles. The Morgan fingerprint density at radius 3 is 1.89 bits per heavy atom. The monoisotopic (exact) mass is 760 g/mol. The van der Waals surface area contributed by atoms with Crippen molar-refractivity contribution >= 4 is 22.8 Å². The topological polar surface area (TPSA) is 53.4 Å². The van der Waals surface area contributed by atoms with Crippen LogP contribution in [-0.2, 0) is 31.3 Å². The van der Waals surface area contributed by atoms with Crippen LogP contribution < -0.4 is 4.90 Å². The predicted octanol–water partition coefficient (Wildman–Crippen LogP) is 10.1. The first-order valence-corrected chi connectivity index (χ1v) is 14.8. The molecule has 0 saturated carbocycles. The number of hydrogen-bond acceptors (Lipinski definition) is 4. The number of aliphatic hydroxyl groups is 1. The van der Waals surface area contributed by atoms with Gasteiger partial charge in [-0.2, -0.15) is 0 Å². The summed E-state index contributed by atoms with van der Waals surface area (Å²) >= 11 is 0. The minimum atomic E-state index is -0.125. The Kier molecular flexibility index (Phi) is 10.7. The van der Waals surface area contributed by atoms with E-state index in [1.54, 1.807) is 0 Å². The molecule has 0 atom stereocenters. The number of allylic oxidation sites excluding steroid dienone is 2. The van der Waals surface area contributed by atoms with Crippen LogP contribution >= 0.6 is 0 Å². The molecule has 6 rings (SSSR count). The second kappa shape index (κ2) is 14.5. The second-order valence-electron chi connectivity index (χ2n) is 10.8. The molecular weight excluding hydrogens is 724 g/mol. The number of aliphatic hydroxyl groups excluding tert-OH is 1. The molecule has 5 heteroatoms. The van der Waals surface area contributed by atoms with E-state index in [-0.39, 0.29) is 38.0 Å². The standard InChI is InChI=1S/C34H29N2.C5H8O2.Pt/c1-3-34(4-2)31-23-25(33-17-11-12-22-35-33)18-20-29(31)30-21-19-28(24-32(30)34)36(26-13-7-5-8-14-26)27-15-9-6-10-16-27;1-4(6)3-5(2)7;/h5-17,19-24H,3-4H2,1-2H3;3,6H,1-2H3;/q-1;;/b;4-3-;. The van der Waals surface area contributed by atoms with Crippen molar-refractivity contribution < 1.29 is 31.0 Å². The Morgan fingerprint density at radius 2 is 1.39 bits per heavy atom. The van der Waals surface area contributed by atoms with Crippen molar-refractivity contribution in [3.8, 4) is 22.4 Å². The van der Waals surface area contributed by atoms with Gasteiger partial charge in [-0.1, -0.05) is 79.6 Å². The number of rotatable bonds is 7. The van der Waals surface area contributed by atoms with Crippen LogP contribution in [0.25, 0.3) is 22.4 Å². The number of anilines is 3. The molecule has 5 aromatic rings. The smallest absolute Gasteiger partial charge is 0.155 e. The minimum Gasteiger partial charge on any atom is -0.512 e. The van der Waals surface area contributed by atoms with Gasteiger partial charge in [-0.3, -0.25) is 4.79 Å². The van der Waals surface area contributed by atoms with Crippen LogP contribution in [0.2, 0.25) is 0 Å². The molecule has 1 aliphatic carbocycles. The summed E-state index contributed by atoms with van der Waals surface area (Å²) in [6, 6.07) is 42.3. The third-order valence-corrected chi connectivity index (χ3v) is 8.12. The van der Waals surface area contributed by atoms with Gasteiger partial charge in [0.15, 0.2) is 5.78 Å². The summed E-state index contributed by atoms with van der Waals surface area (Å²) in [6.07, 6.45) is 5.09. The van der Waals surface area contributed by atoms with Crippen molar-refractivity contribution in [2.45, 2.75) is 46.0 Å². The Bertz CT molecular complexity index is 1690. The first-order chi connectivity index (χ1) is 20.9. The normalized spacial score (nSPS) is 12.6. The van der Waals surface area contributed by atoms with Crippen LogP contribution in [0.5, 0.6) is 0 Å². The minimum absolute atomic E-state index is 0. The summed E-state index contributed by atoms with van der Waals surface area (Å²) in [4.78, 5) is 17.0. The number of carbonyl (C=O) groups is 1. The van der Waals surface area contributed by atoms with Gasteiger partial charge in [0.1, 0.15) is 0 Å². The Morgan fingerprint density at radius 1 is 0.795 bits per heavy atom. The van der Waals surface area contributed by atoms with Crippen LogP contribution in [0.15, 0.2) is 127 Å². The molecule has 0 unspecified atom stereocenters. The van der Waals surface area contributed by atoms with Crippen molar-refractivity contribution in [1.29, 1.82) is 0 Å². The van der Waals surface area contributed by atoms with Gasteiger partial charge in [0.25, 0.3) is 0 Å². The number of hydrogen-bond donors (Lipinski definition) is 1. The molecule has 0 saturated heterocycles. The van der Waals surface area contributed by atoms with E-state index in [2.05, 4.69) is 127 Å². The summed E-state index contributed by atoms with van der Waals surface area (Å²) in [6.45, 7) is 7.48. The quantitative estimate of drug-likeness (QED) is 0.102. The molecular formula is C39H37N2O2Pt-. The molecule has 0 bridgehead atoms. The third kappa shape index (κ3) is 6.61. The zero-order valence-corrected chi connectivity index (χ0v) is 27.8. The Hall–Kier alpha value is -4.27. The van der Waals surface area contributed by atoms with Gasteiger partial charge in [0.05, 0.1) is 5.76 Å². The predicted molar refractivity (Wildman–Crippen MR) is 177 cm³/mol. The van der Waals surface area contributed by atoms with E-state index < -0.39 is 0 Å². The molecule has 0 fully saturated rings. The van der Waals surface area contributed by atoms with E-state index in [1.165, 1.54) is 47.9 Å². The number of pyridine rings is 1. The summed E-state index contributed by atoms with van der Waals surface area (Å²) in [5, 5.41) is 8.36. The first-order valence-electron chi connectivity index (χ1n) is 14.8. The van der Waals surface area contributed by atoms with Crippen LogP contribution in [0.4, 0.5) is 17.1 Å². The van der Waals surface area contributed by atoms with E-state index in [4.69, 9.17) is 5.11 Å². The van der Waals surface area contributed by atoms with Crippen LogP contribution in [0, 0.1) is 6.07 Å². The maximum Gasteiger partial charge on any atom is 0.155 e. The maximum absolute atomic E-state index is 10.0. The summed E-state index contributed by atoms with van der Waals surface area (Å²) in [5.74, 6) is -0.0625. The molecule has 1 heterocycles. The number of benzene rings is 4. The number of aromatic nitrogens is 1. The molecule has 0 spiro atoms. The molecule has 44 heavy (non-hydrogen) atoms. The van der Waals surface area contributed by atoms with E-state index in [9.17, 15) is 4.79 Å². The van der Waals surface area contributed by atoms with Crippen molar-refractivity contribution in [3.05, 3.63) is 144 Å². The van der Waals surface area contributed by atoms with Crippen molar-refractivity contribution in [2.24, 2.45) is 0 Å². The van der Waals surface area contributed by atoms with Crippen molar-refractivity contribution in [3.63, 3.8) is 0 Å². The molecule has 4 nitrogen and oxygen atoms in total. The van der Waals surface area contributed by atoms with Gasteiger partial charge < -0.3 is 15.0 Å². The number of ketones is 1. The fraction of sp³-hybridized carbons (Fsp3) is 0.179. The average molecular weight is 761 g/mol. The van der Waals surface area contributed by atoms with Crippen molar-refractivity contribution in [1.82, 2.24) is 4.98 Å². The van der Waals surface area contributed by atoms with Crippen LogP contribution in [0.1, 0.15) is 51.7 Å². The molecule has 1 N–H and O–H groups in total. The van der Waals surface area contributed by atoms with E-state index >= 15 is 0 Å². The molecule has 226 valence electrons. The third-order valence-electron chi connectivity index (χ3n) is 8.12. The molecule has 4 aromatic carbocycles. The zero-order valence-electron chi connectivity index (χ0n) is 25.5. The second-order valence-corrected chi connectivity index (χ2v) is 10.8. The Labute approximate surface area is 275 Å².